The highest BCUT2D eigenvalue weighted by atomic mass is 31.2. The van der Waals surface area contributed by atoms with Crippen molar-refractivity contribution in [2.24, 2.45) is 0 Å². The molecule has 0 radical (unpaired) electrons. The molecule has 14 heteroatoms. The van der Waals surface area contributed by atoms with E-state index >= 15 is 0 Å². The maximum atomic E-state index is 12.6. The Morgan fingerprint density at radius 2 is 1.64 bits per heavy atom. The maximum Gasteiger partial charge on any atom is 0.472 e. The minimum Gasteiger partial charge on any atom is -0.374 e. The first-order valence-corrected chi connectivity index (χ1v) is 19.4. The van der Waals surface area contributed by atoms with E-state index in [1.54, 1.807) is 4.57 Å². The van der Waals surface area contributed by atoms with Crippen molar-refractivity contribution in [1.29, 1.82) is 0 Å². The second kappa shape index (κ2) is 22.5. The van der Waals surface area contributed by atoms with Crippen molar-refractivity contribution in [3.05, 3.63) is 23.0 Å². The van der Waals surface area contributed by atoms with E-state index in [2.05, 4.69) is 27.2 Å². The van der Waals surface area contributed by atoms with Crippen LogP contribution in [0.1, 0.15) is 136 Å². The van der Waals surface area contributed by atoms with Crippen LogP contribution in [0.15, 0.2) is 17.4 Å². The van der Waals surface area contributed by atoms with E-state index in [0.717, 1.165) is 19.3 Å². The summed E-state index contributed by atoms with van der Waals surface area (Å²) < 4.78 is 36.2. The van der Waals surface area contributed by atoms with Crippen molar-refractivity contribution in [3.63, 3.8) is 0 Å². The number of hydrogen-bond donors (Lipinski definition) is 3. The van der Waals surface area contributed by atoms with Crippen LogP contribution < -0.4 is 10.9 Å². The molecule has 1 saturated heterocycles. The van der Waals surface area contributed by atoms with Crippen molar-refractivity contribution in [1.82, 2.24) is 24.8 Å². The molecule has 3 heterocycles. The lowest BCUT2D eigenvalue weighted by Crippen LogP contribution is -2.36. The molecular weight excluding hydrogens is 625 g/mol. The summed E-state index contributed by atoms with van der Waals surface area (Å²) in [6.07, 6.45) is 22.1. The smallest absolute Gasteiger partial charge is 0.374 e. The van der Waals surface area contributed by atoms with Gasteiger partial charge in [-0.25, -0.2) is 14.5 Å². The Hall–Kier alpha value is -2.15. The van der Waals surface area contributed by atoms with E-state index in [1.165, 1.54) is 89.7 Å². The van der Waals surface area contributed by atoms with Crippen LogP contribution in [-0.2, 0) is 27.9 Å². The summed E-state index contributed by atoms with van der Waals surface area (Å²) in [4.78, 5) is 45.3. The molecule has 3 rings (SSSR count). The number of rotatable bonds is 27. The molecule has 1 aliphatic heterocycles. The summed E-state index contributed by atoms with van der Waals surface area (Å²) >= 11 is 0. The van der Waals surface area contributed by atoms with Crippen molar-refractivity contribution >= 4 is 24.9 Å². The number of carbonyl (C=O) groups excluding carboxylic acids is 1. The zero-order valence-electron chi connectivity index (χ0n) is 28.5. The molecule has 0 spiro atoms. The number of imidazole rings is 1. The van der Waals surface area contributed by atoms with Crippen LogP contribution in [0.2, 0.25) is 0 Å². The van der Waals surface area contributed by atoms with Gasteiger partial charge in [-0.05, 0) is 26.2 Å². The molecule has 13 nitrogen and oxygen atoms in total. The Labute approximate surface area is 279 Å². The van der Waals surface area contributed by atoms with Gasteiger partial charge in [0, 0.05) is 19.6 Å². The molecular formula is C33H58N5O8P. The molecule has 0 bridgehead atoms. The zero-order chi connectivity index (χ0) is 33.7. The van der Waals surface area contributed by atoms with Crippen LogP contribution >= 0.6 is 7.82 Å². The normalized spacial score (nSPS) is 18.4. The first-order chi connectivity index (χ1) is 22.8. The van der Waals surface area contributed by atoms with Gasteiger partial charge in [0.1, 0.15) is 6.23 Å². The maximum absolute atomic E-state index is 12.6. The van der Waals surface area contributed by atoms with Crippen LogP contribution in [0.4, 0.5) is 0 Å². The van der Waals surface area contributed by atoms with Gasteiger partial charge in [-0.2, -0.15) is 0 Å². The second-order valence-electron chi connectivity index (χ2n) is 12.5. The molecule has 268 valence electrons. The zero-order valence-corrected chi connectivity index (χ0v) is 29.4. The van der Waals surface area contributed by atoms with Crippen molar-refractivity contribution < 1.29 is 32.8 Å². The quantitative estimate of drug-likeness (QED) is 0.0680. The molecule has 0 aliphatic carbocycles. The number of phosphoric ester groups is 1. The minimum absolute atomic E-state index is 0.0637. The monoisotopic (exact) mass is 683 g/mol. The summed E-state index contributed by atoms with van der Waals surface area (Å²) in [5, 5.41) is 2.85. The molecule has 1 aliphatic rings. The Balaban J connectivity index is 1.21. The van der Waals surface area contributed by atoms with Crippen molar-refractivity contribution in [2.45, 2.75) is 148 Å². The summed E-state index contributed by atoms with van der Waals surface area (Å²) in [6, 6.07) is 0. The number of nitrogens with zero attached hydrogens (tertiary/aromatic N) is 3. The van der Waals surface area contributed by atoms with Gasteiger partial charge in [0.25, 0.3) is 5.56 Å². The number of H-pyrrole nitrogens is 1. The molecule has 1 fully saturated rings. The van der Waals surface area contributed by atoms with Crippen molar-refractivity contribution in [3.8, 4) is 0 Å². The summed E-state index contributed by atoms with van der Waals surface area (Å²) in [5.41, 5.74) is 0.282. The number of carbonyl (C=O) groups is 1. The molecule has 0 saturated carbocycles. The van der Waals surface area contributed by atoms with Crippen LogP contribution in [-0.4, -0.2) is 68.9 Å². The number of unbranched alkanes of at least 4 members (excludes halogenated alkanes) is 14. The van der Waals surface area contributed by atoms with E-state index in [-0.39, 0.29) is 36.7 Å². The van der Waals surface area contributed by atoms with Crippen LogP contribution in [0.5, 0.6) is 0 Å². The fourth-order valence-electron chi connectivity index (χ4n) is 5.85. The highest BCUT2D eigenvalue weighted by Crippen LogP contribution is 2.44. The van der Waals surface area contributed by atoms with E-state index < -0.39 is 26.3 Å². The first-order valence-electron chi connectivity index (χ1n) is 17.9. The molecule has 0 aromatic carbocycles. The summed E-state index contributed by atoms with van der Waals surface area (Å²) in [5.74, 6) is -0.0637. The molecule has 3 N–H and O–H groups in total. The van der Waals surface area contributed by atoms with Crippen LogP contribution in [0.3, 0.4) is 0 Å². The average molecular weight is 684 g/mol. The number of nitrogens with one attached hydrogen (secondary N) is 2. The van der Waals surface area contributed by atoms with Crippen LogP contribution in [0, 0.1) is 0 Å². The van der Waals surface area contributed by atoms with Crippen molar-refractivity contribution in [2.75, 3.05) is 26.4 Å². The lowest BCUT2D eigenvalue weighted by atomic mass is 10.0. The van der Waals surface area contributed by atoms with Gasteiger partial charge in [0.15, 0.2) is 11.2 Å². The highest BCUT2D eigenvalue weighted by Gasteiger charge is 2.32. The van der Waals surface area contributed by atoms with Gasteiger partial charge in [0.05, 0.1) is 38.1 Å². The molecule has 2 aromatic heterocycles. The van der Waals surface area contributed by atoms with Gasteiger partial charge in [-0.3, -0.25) is 23.2 Å². The number of amides is 1. The van der Waals surface area contributed by atoms with Gasteiger partial charge in [-0.15, -0.1) is 0 Å². The van der Waals surface area contributed by atoms with E-state index in [9.17, 15) is 19.0 Å². The molecule has 4 atom stereocenters. The summed E-state index contributed by atoms with van der Waals surface area (Å²) in [7, 11) is -4.39. The summed E-state index contributed by atoms with van der Waals surface area (Å²) in [6.45, 7) is 4.24. The Morgan fingerprint density at radius 3 is 2.28 bits per heavy atom. The number of ether oxygens (including phenoxy) is 2. The third kappa shape index (κ3) is 15.3. The second-order valence-corrected chi connectivity index (χ2v) is 13.9. The predicted octanol–water partition coefficient (Wildman–Crippen LogP) is 6.71. The largest absolute Gasteiger partial charge is 0.472 e. The SMILES string of the molecule is CCCCCCCCCCCCCCCCCC(=O)NCC(COP(=O)(O)OC[C@@H]1CC[C@H](n2cnc3c(=O)[nH]cnc32)O1)OCC. The van der Waals surface area contributed by atoms with Gasteiger partial charge in [0.2, 0.25) is 5.91 Å². The first kappa shape index (κ1) is 39.3. The lowest BCUT2D eigenvalue weighted by molar-refractivity contribution is -0.122. The Bertz CT molecular complexity index is 1260. The van der Waals surface area contributed by atoms with Crippen LogP contribution in [0.25, 0.3) is 11.2 Å². The predicted molar refractivity (Wildman–Crippen MR) is 181 cm³/mol. The number of aromatic nitrogens is 4. The molecule has 2 aromatic rings. The Kier molecular flexibility index (Phi) is 18.8. The molecule has 2 unspecified atom stereocenters. The molecule has 47 heavy (non-hydrogen) atoms. The molecule has 1 amide bonds. The van der Waals surface area contributed by atoms with Gasteiger partial charge in [-0.1, -0.05) is 96.8 Å². The topological polar surface area (TPSA) is 167 Å². The third-order valence-corrected chi connectivity index (χ3v) is 9.50. The average Bonchev–Trinajstić information content (AvgIpc) is 3.71. The van der Waals surface area contributed by atoms with Gasteiger partial charge >= 0.3 is 7.82 Å². The fourth-order valence-corrected chi connectivity index (χ4v) is 6.64. The minimum atomic E-state index is -4.39. The van der Waals surface area contributed by atoms with E-state index in [1.807, 2.05) is 6.92 Å². The third-order valence-electron chi connectivity index (χ3n) is 8.54. The number of aromatic amines is 1. The fraction of sp³-hybridized carbons (Fsp3) is 0.818. The lowest BCUT2D eigenvalue weighted by Gasteiger charge is -2.20. The van der Waals surface area contributed by atoms with Gasteiger partial charge < -0.3 is 24.7 Å². The number of fused-ring (bicyclic) bond motifs is 1. The Morgan fingerprint density at radius 1 is 1.00 bits per heavy atom. The number of phosphoric acid groups is 1. The van der Waals surface area contributed by atoms with E-state index in [0.29, 0.717) is 31.5 Å². The van der Waals surface area contributed by atoms with E-state index in [4.69, 9.17) is 18.5 Å². The standard InChI is InChI=1S/C33H58N5O8P/c1-3-5-6-7-8-9-10-11-12-13-14-15-16-17-18-19-29(39)34-22-28(43-4-2)24-45-47(41,42)44-23-27-20-21-30(46-27)38-26-37-31-32(38)35-25-36-33(31)40/h25-28,30H,3-24H2,1-2H3,(H,34,39)(H,41,42)(H,35,36,40)/t27-,28?,30+/m0/s1. The highest BCUT2D eigenvalue weighted by molar-refractivity contribution is 7.47. The number of hydrogen-bond acceptors (Lipinski definition) is 9.